The Hall–Kier alpha value is -1.58. The SMILES string of the molecule is CC/C=C/CC/C=C/CC/C=C/C(O)C(COP(=O)(O)OCCN)NC(=O)CC(O)CCCC/C=C\CCCC. The number of phosphoric ester groups is 1. The lowest BCUT2D eigenvalue weighted by atomic mass is 10.1. The number of aliphatic hydroxyl groups is 2. The number of carbonyl (C=O) groups is 1. The molecule has 0 saturated carbocycles. The third kappa shape index (κ3) is 24.2. The predicted octanol–water partition coefficient (Wildman–Crippen LogP) is 5.62. The molecule has 0 aliphatic rings. The highest BCUT2D eigenvalue weighted by molar-refractivity contribution is 7.47. The number of hydrogen-bond donors (Lipinski definition) is 5. The Morgan fingerprint density at radius 3 is 2.10 bits per heavy atom. The van der Waals surface area contributed by atoms with Gasteiger partial charge in [-0.2, -0.15) is 0 Å². The van der Waals surface area contributed by atoms with E-state index in [2.05, 4.69) is 55.6 Å². The quantitative estimate of drug-likeness (QED) is 0.0498. The summed E-state index contributed by atoms with van der Waals surface area (Å²) in [5, 5.41) is 23.6. The van der Waals surface area contributed by atoms with Gasteiger partial charge in [0.15, 0.2) is 0 Å². The van der Waals surface area contributed by atoms with E-state index in [9.17, 15) is 24.5 Å². The van der Waals surface area contributed by atoms with Crippen LogP contribution < -0.4 is 11.1 Å². The third-order valence-electron chi connectivity index (χ3n) is 5.92. The van der Waals surface area contributed by atoms with E-state index in [1.807, 2.05) is 0 Å². The summed E-state index contributed by atoms with van der Waals surface area (Å²) in [5.74, 6) is -0.483. The summed E-state index contributed by atoms with van der Waals surface area (Å²) in [5.41, 5.74) is 5.30. The van der Waals surface area contributed by atoms with Crippen LogP contribution in [0.2, 0.25) is 0 Å². The Balaban J connectivity index is 4.75. The lowest BCUT2D eigenvalue weighted by Gasteiger charge is -2.24. The first-order valence-corrected chi connectivity index (χ1v) is 16.3. The van der Waals surface area contributed by atoms with Crippen molar-refractivity contribution in [2.75, 3.05) is 19.8 Å². The van der Waals surface area contributed by atoms with Crippen molar-refractivity contribution in [3.05, 3.63) is 48.6 Å². The lowest BCUT2D eigenvalue weighted by Crippen LogP contribution is -2.46. The molecular weight excluding hydrogens is 531 g/mol. The molecule has 0 aromatic heterocycles. The van der Waals surface area contributed by atoms with E-state index in [1.165, 1.54) is 18.9 Å². The second kappa shape index (κ2) is 26.3. The minimum atomic E-state index is -4.39. The van der Waals surface area contributed by atoms with Gasteiger partial charge < -0.3 is 26.2 Å². The molecule has 0 aliphatic carbocycles. The molecule has 0 aliphatic heterocycles. The summed E-state index contributed by atoms with van der Waals surface area (Å²) in [6, 6.07) is -1.01. The molecule has 0 bridgehead atoms. The number of nitrogens with one attached hydrogen (secondary N) is 1. The number of allylic oxidation sites excluding steroid dienone is 7. The van der Waals surface area contributed by atoms with Crippen LogP contribution in [-0.4, -0.2) is 59.0 Å². The van der Waals surface area contributed by atoms with Gasteiger partial charge in [-0.05, 0) is 57.8 Å². The van der Waals surface area contributed by atoms with Gasteiger partial charge in [0, 0.05) is 6.54 Å². The Labute approximate surface area is 242 Å². The Morgan fingerprint density at radius 2 is 1.48 bits per heavy atom. The average Bonchev–Trinajstić information content (AvgIpc) is 2.92. The number of unbranched alkanes of at least 4 members (excludes halogenated alkanes) is 6. The fourth-order valence-corrected chi connectivity index (χ4v) is 4.42. The van der Waals surface area contributed by atoms with E-state index in [0.29, 0.717) is 12.8 Å². The molecule has 0 aromatic rings. The number of aliphatic hydroxyl groups excluding tert-OH is 2. The number of amides is 1. The summed E-state index contributed by atoms with van der Waals surface area (Å²) >= 11 is 0. The Morgan fingerprint density at radius 1 is 0.875 bits per heavy atom. The Bertz CT molecular complexity index is 786. The van der Waals surface area contributed by atoms with Gasteiger partial charge >= 0.3 is 7.82 Å². The molecule has 0 aromatic carbocycles. The van der Waals surface area contributed by atoms with E-state index in [0.717, 1.165) is 51.4 Å². The third-order valence-corrected chi connectivity index (χ3v) is 6.90. The van der Waals surface area contributed by atoms with Crippen LogP contribution in [0.1, 0.15) is 97.3 Å². The highest BCUT2D eigenvalue weighted by Crippen LogP contribution is 2.43. The average molecular weight is 587 g/mol. The summed E-state index contributed by atoms with van der Waals surface area (Å²) in [4.78, 5) is 22.4. The highest BCUT2D eigenvalue weighted by atomic mass is 31.2. The molecule has 232 valence electrons. The molecule has 0 fully saturated rings. The fourth-order valence-electron chi connectivity index (χ4n) is 3.66. The standard InChI is InChI=1S/C30H55N2O7P/c1-3-5-7-9-11-13-14-16-18-20-22-29(34)28(26-39-40(36,37)38-24-23-31)32-30(35)25-27(33)21-19-17-15-12-10-8-6-4-2/h5,7,10,12-14,20,22,27-29,33-34H,3-4,6,8-9,11,15-19,21,23-26,31H2,1-2H3,(H,32,35)(H,36,37)/b7-5+,12-10-,14-13+,22-20+. The van der Waals surface area contributed by atoms with Crippen LogP contribution in [0.5, 0.6) is 0 Å². The Kier molecular flexibility index (Phi) is 25.3. The van der Waals surface area contributed by atoms with E-state index in [4.69, 9.17) is 14.8 Å². The summed E-state index contributed by atoms with van der Waals surface area (Å²) < 4.78 is 21.8. The second-order valence-electron chi connectivity index (χ2n) is 9.74. The minimum absolute atomic E-state index is 0.0381. The van der Waals surface area contributed by atoms with Gasteiger partial charge in [-0.25, -0.2) is 4.57 Å². The van der Waals surface area contributed by atoms with Crippen molar-refractivity contribution in [1.29, 1.82) is 0 Å². The molecule has 40 heavy (non-hydrogen) atoms. The predicted molar refractivity (Wildman–Crippen MR) is 163 cm³/mol. The van der Waals surface area contributed by atoms with Crippen LogP contribution in [-0.2, 0) is 18.4 Å². The molecule has 0 spiro atoms. The number of hydrogen-bond acceptors (Lipinski definition) is 7. The molecule has 0 radical (unpaired) electrons. The largest absolute Gasteiger partial charge is 0.472 e. The van der Waals surface area contributed by atoms with Crippen molar-refractivity contribution in [3.8, 4) is 0 Å². The molecule has 6 N–H and O–H groups in total. The van der Waals surface area contributed by atoms with Crippen LogP contribution in [0.3, 0.4) is 0 Å². The van der Waals surface area contributed by atoms with Crippen molar-refractivity contribution in [2.24, 2.45) is 5.73 Å². The summed E-state index contributed by atoms with van der Waals surface area (Å²) in [7, 11) is -4.39. The first-order chi connectivity index (χ1) is 19.3. The van der Waals surface area contributed by atoms with Gasteiger partial charge in [0.1, 0.15) is 0 Å². The first-order valence-electron chi connectivity index (χ1n) is 14.8. The molecule has 4 atom stereocenters. The summed E-state index contributed by atoms with van der Waals surface area (Å²) in [6.45, 7) is 3.68. The molecule has 0 saturated heterocycles. The number of rotatable bonds is 26. The number of nitrogens with two attached hydrogens (primary N) is 1. The van der Waals surface area contributed by atoms with E-state index >= 15 is 0 Å². The zero-order valence-corrected chi connectivity index (χ0v) is 25.6. The van der Waals surface area contributed by atoms with Crippen molar-refractivity contribution in [3.63, 3.8) is 0 Å². The molecule has 0 heterocycles. The smallest absolute Gasteiger partial charge is 0.393 e. The van der Waals surface area contributed by atoms with Gasteiger partial charge in [-0.15, -0.1) is 0 Å². The zero-order chi connectivity index (χ0) is 29.9. The normalized spacial score (nSPS) is 16.2. The summed E-state index contributed by atoms with van der Waals surface area (Å²) in [6.07, 6.45) is 25.2. The molecule has 0 rings (SSSR count). The second-order valence-corrected chi connectivity index (χ2v) is 11.2. The van der Waals surface area contributed by atoms with Crippen LogP contribution in [0.15, 0.2) is 48.6 Å². The maximum absolute atomic E-state index is 12.6. The van der Waals surface area contributed by atoms with E-state index in [1.54, 1.807) is 6.08 Å². The molecular formula is C30H55N2O7P. The first kappa shape index (κ1) is 38.4. The molecule has 4 unspecified atom stereocenters. The molecule has 1 amide bonds. The zero-order valence-electron chi connectivity index (χ0n) is 24.7. The van der Waals surface area contributed by atoms with Gasteiger partial charge in [0.05, 0.1) is 37.9 Å². The van der Waals surface area contributed by atoms with Crippen LogP contribution >= 0.6 is 7.82 Å². The molecule has 9 nitrogen and oxygen atoms in total. The van der Waals surface area contributed by atoms with Crippen molar-refractivity contribution in [1.82, 2.24) is 5.32 Å². The lowest BCUT2D eigenvalue weighted by molar-refractivity contribution is -0.124. The molecule has 10 heteroatoms. The van der Waals surface area contributed by atoms with Crippen LogP contribution in [0, 0.1) is 0 Å². The maximum Gasteiger partial charge on any atom is 0.472 e. The van der Waals surface area contributed by atoms with Crippen LogP contribution in [0.25, 0.3) is 0 Å². The van der Waals surface area contributed by atoms with Crippen LogP contribution in [0.4, 0.5) is 0 Å². The van der Waals surface area contributed by atoms with Crippen molar-refractivity contribution >= 4 is 13.7 Å². The highest BCUT2D eigenvalue weighted by Gasteiger charge is 2.27. The number of phosphoric acid groups is 1. The number of carbonyl (C=O) groups excluding carboxylic acids is 1. The van der Waals surface area contributed by atoms with E-state index in [-0.39, 0.29) is 19.6 Å². The monoisotopic (exact) mass is 586 g/mol. The topological polar surface area (TPSA) is 151 Å². The van der Waals surface area contributed by atoms with Gasteiger partial charge in [0.25, 0.3) is 0 Å². The fraction of sp³-hybridized carbons (Fsp3) is 0.700. The van der Waals surface area contributed by atoms with Crippen molar-refractivity contribution < 1.29 is 33.5 Å². The van der Waals surface area contributed by atoms with Gasteiger partial charge in [0.2, 0.25) is 5.91 Å². The maximum atomic E-state index is 12.6. The van der Waals surface area contributed by atoms with Gasteiger partial charge in [-0.3, -0.25) is 13.8 Å². The minimum Gasteiger partial charge on any atom is -0.393 e. The van der Waals surface area contributed by atoms with Gasteiger partial charge in [-0.1, -0.05) is 81.7 Å². The van der Waals surface area contributed by atoms with Crippen molar-refractivity contribution in [2.45, 2.75) is 116 Å². The van der Waals surface area contributed by atoms with E-state index < -0.39 is 38.6 Å².